The third-order valence-corrected chi connectivity index (χ3v) is 6.37. The van der Waals surface area contributed by atoms with Crippen LogP contribution in [0.5, 0.6) is 0 Å². The van der Waals surface area contributed by atoms with Crippen LogP contribution in [0.4, 0.5) is 5.69 Å². The van der Waals surface area contributed by atoms with Crippen LogP contribution in [0.15, 0.2) is 47.4 Å². The van der Waals surface area contributed by atoms with Crippen LogP contribution in [0.2, 0.25) is 0 Å². The quantitative estimate of drug-likeness (QED) is 0.673. The molecule has 7 nitrogen and oxygen atoms in total. The second-order valence-corrected chi connectivity index (χ2v) is 8.79. The number of hydrogen-bond acceptors (Lipinski definition) is 4. The van der Waals surface area contributed by atoms with Gasteiger partial charge in [-0.15, -0.1) is 0 Å². The van der Waals surface area contributed by atoms with E-state index in [1.54, 1.807) is 30.7 Å². The average molecular weight is 413 g/mol. The van der Waals surface area contributed by atoms with Gasteiger partial charge in [0.05, 0.1) is 22.0 Å². The molecular formula is C21H24N4O3S. The molecule has 0 spiro atoms. The summed E-state index contributed by atoms with van der Waals surface area (Å²) in [5.74, 6) is -0.394. The van der Waals surface area contributed by atoms with Crippen molar-refractivity contribution in [2.45, 2.75) is 32.6 Å². The third-order valence-electron chi connectivity index (χ3n) is 4.83. The summed E-state index contributed by atoms with van der Waals surface area (Å²) in [6.07, 6.45) is 0. The molecule has 29 heavy (non-hydrogen) atoms. The Morgan fingerprint density at radius 3 is 2.34 bits per heavy atom. The predicted octanol–water partition coefficient (Wildman–Crippen LogP) is 3.27. The van der Waals surface area contributed by atoms with Crippen LogP contribution in [0, 0.1) is 27.7 Å². The van der Waals surface area contributed by atoms with Crippen LogP contribution < -0.4 is 10.0 Å². The summed E-state index contributed by atoms with van der Waals surface area (Å²) < 4.78 is 28.7. The molecule has 1 heterocycles. The molecule has 3 aromatic rings. The van der Waals surface area contributed by atoms with Crippen molar-refractivity contribution in [1.82, 2.24) is 14.5 Å². The zero-order chi connectivity index (χ0) is 21.3. The maximum Gasteiger partial charge on any atom is 0.255 e. The van der Waals surface area contributed by atoms with Crippen molar-refractivity contribution in [2.75, 3.05) is 12.4 Å². The van der Waals surface area contributed by atoms with E-state index >= 15 is 0 Å². The smallest absolute Gasteiger partial charge is 0.255 e. The van der Waals surface area contributed by atoms with E-state index in [1.807, 2.05) is 38.1 Å². The summed E-state index contributed by atoms with van der Waals surface area (Å²) in [5.41, 5.74) is 4.73. The van der Waals surface area contributed by atoms with Crippen LogP contribution in [-0.4, -0.2) is 31.2 Å². The van der Waals surface area contributed by atoms with Crippen molar-refractivity contribution in [1.29, 1.82) is 0 Å². The van der Waals surface area contributed by atoms with Crippen LogP contribution in [0.3, 0.4) is 0 Å². The zero-order valence-electron chi connectivity index (χ0n) is 17.1. The van der Waals surface area contributed by atoms with E-state index in [2.05, 4.69) is 15.1 Å². The molecular weight excluding hydrogens is 388 g/mol. The zero-order valence-corrected chi connectivity index (χ0v) is 17.9. The first-order valence-corrected chi connectivity index (χ1v) is 10.6. The lowest BCUT2D eigenvalue weighted by Gasteiger charge is -2.15. The van der Waals surface area contributed by atoms with Gasteiger partial charge in [0.2, 0.25) is 10.0 Å². The summed E-state index contributed by atoms with van der Waals surface area (Å²) >= 11 is 0. The summed E-state index contributed by atoms with van der Waals surface area (Å²) in [6, 6.07) is 12.4. The molecule has 0 unspecified atom stereocenters. The number of benzene rings is 2. The fraction of sp³-hybridized carbons (Fsp3) is 0.238. The Morgan fingerprint density at radius 1 is 1.03 bits per heavy atom. The number of amides is 1. The Bertz CT molecular complexity index is 1200. The van der Waals surface area contributed by atoms with Crippen LogP contribution >= 0.6 is 0 Å². The fourth-order valence-corrected chi connectivity index (χ4v) is 4.24. The first-order valence-electron chi connectivity index (χ1n) is 9.13. The van der Waals surface area contributed by atoms with Gasteiger partial charge in [0.25, 0.3) is 5.91 Å². The number of carbonyl (C=O) groups excluding carboxylic acids is 1. The molecule has 2 aromatic carbocycles. The van der Waals surface area contributed by atoms with E-state index in [9.17, 15) is 13.2 Å². The molecule has 0 radical (unpaired) electrons. The molecule has 0 aliphatic heterocycles. The lowest BCUT2D eigenvalue weighted by molar-refractivity contribution is 0.102. The van der Waals surface area contributed by atoms with E-state index < -0.39 is 15.9 Å². The Balaban J connectivity index is 2.02. The van der Waals surface area contributed by atoms with Crippen LogP contribution in [0.1, 0.15) is 32.9 Å². The highest BCUT2D eigenvalue weighted by Gasteiger charge is 2.20. The normalized spacial score (nSPS) is 11.5. The van der Waals surface area contributed by atoms with Gasteiger partial charge in [0, 0.05) is 11.3 Å². The summed E-state index contributed by atoms with van der Waals surface area (Å²) in [6.45, 7) is 7.35. The Morgan fingerprint density at radius 2 is 1.72 bits per heavy atom. The van der Waals surface area contributed by atoms with Crippen molar-refractivity contribution in [2.24, 2.45) is 0 Å². The number of para-hydroxylation sites is 2. The van der Waals surface area contributed by atoms with Crippen molar-refractivity contribution < 1.29 is 13.2 Å². The summed E-state index contributed by atoms with van der Waals surface area (Å²) in [7, 11) is -2.33. The molecule has 0 atom stereocenters. The molecule has 0 bridgehead atoms. The minimum atomic E-state index is -3.68. The number of sulfonamides is 1. The number of hydrogen-bond donors (Lipinski definition) is 2. The SMILES string of the molecule is CNS(=O)(=O)c1cc(C(=O)Nc2ccccc2-n2nc(C)cc2C)cc(C)c1C. The number of aryl methyl sites for hydroxylation is 3. The number of aromatic nitrogens is 2. The van der Waals surface area contributed by atoms with E-state index in [0.29, 0.717) is 11.3 Å². The number of anilines is 1. The second kappa shape index (κ2) is 7.81. The standard InChI is InChI=1S/C21H24N4O3S/c1-13-10-17(12-20(16(13)4)29(27,28)22-5)21(26)23-18-8-6-7-9-19(18)25-15(3)11-14(2)24-25/h6-12,22H,1-5H3,(H,23,26). The van der Waals surface area contributed by atoms with Crippen LogP contribution in [0.25, 0.3) is 5.69 Å². The predicted molar refractivity (Wildman–Crippen MR) is 113 cm³/mol. The molecule has 1 amide bonds. The third kappa shape index (κ3) is 4.08. The fourth-order valence-electron chi connectivity index (χ4n) is 3.18. The highest BCUT2D eigenvalue weighted by molar-refractivity contribution is 7.89. The van der Waals surface area contributed by atoms with Gasteiger partial charge in [-0.25, -0.2) is 17.8 Å². The molecule has 0 saturated carbocycles. The van der Waals surface area contributed by atoms with E-state index in [1.165, 1.54) is 13.1 Å². The molecule has 0 aliphatic rings. The molecule has 3 rings (SSSR count). The molecule has 1 aromatic heterocycles. The van der Waals surface area contributed by atoms with Gasteiger partial charge < -0.3 is 5.32 Å². The minimum absolute atomic E-state index is 0.0944. The largest absolute Gasteiger partial charge is 0.320 e. The van der Waals surface area contributed by atoms with Gasteiger partial charge in [-0.2, -0.15) is 5.10 Å². The lowest BCUT2D eigenvalue weighted by Crippen LogP contribution is -2.21. The van der Waals surface area contributed by atoms with E-state index in [4.69, 9.17) is 0 Å². The van der Waals surface area contributed by atoms with E-state index in [-0.39, 0.29) is 10.5 Å². The van der Waals surface area contributed by atoms with Crippen LogP contribution in [-0.2, 0) is 10.0 Å². The van der Waals surface area contributed by atoms with E-state index in [0.717, 1.165) is 22.6 Å². The molecule has 8 heteroatoms. The molecule has 0 fully saturated rings. The molecule has 152 valence electrons. The molecule has 0 saturated heterocycles. The van der Waals surface area contributed by atoms with Crippen molar-refractivity contribution in [3.63, 3.8) is 0 Å². The van der Waals surface area contributed by atoms with Gasteiger partial charge in [-0.05, 0) is 76.2 Å². The summed E-state index contributed by atoms with van der Waals surface area (Å²) in [4.78, 5) is 13.1. The number of rotatable bonds is 5. The van der Waals surface area contributed by atoms with Crippen molar-refractivity contribution in [3.05, 3.63) is 70.5 Å². The van der Waals surface area contributed by atoms with Gasteiger partial charge in [0.15, 0.2) is 0 Å². The minimum Gasteiger partial charge on any atom is -0.320 e. The Labute approximate surface area is 170 Å². The lowest BCUT2D eigenvalue weighted by atomic mass is 10.1. The maximum absolute atomic E-state index is 13.0. The van der Waals surface area contributed by atoms with Gasteiger partial charge in [-0.3, -0.25) is 4.79 Å². The van der Waals surface area contributed by atoms with Gasteiger partial charge in [0.1, 0.15) is 0 Å². The van der Waals surface area contributed by atoms with Crippen molar-refractivity contribution in [3.8, 4) is 5.69 Å². The maximum atomic E-state index is 13.0. The highest BCUT2D eigenvalue weighted by atomic mass is 32.2. The van der Waals surface area contributed by atoms with Gasteiger partial charge >= 0.3 is 0 Å². The topological polar surface area (TPSA) is 93.1 Å². The Kier molecular flexibility index (Phi) is 5.59. The second-order valence-electron chi connectivity index (χ2n) is 6.93. The summed E-state index contributed by atoms with van der Waals surface area (Å²) in [5, 5.41) is 7.37. The van der Waals surface area contributed by atoms with Crippen molar-refractivity contribution >= 4 is 21.6 Å². The monoisotopic (exact) mass is 412 g/mol. The molecule has 0 aliphatic carbocycles. The Hall–Kier alpha value is -2.97. The number of nitrogens with zero attached hydrogens (tertiary/aromatic N) is 2. The first kappa shape index (κ1) is 20.8. The highest BCUT2D eigenvalue weighted by Crippen LogP contribution is 2.25. The number of nitrogens with one attached hydrogen (secondary N) is 2. The number of carbonyl (C=O) groups is 1. The molecule has 2 N–H and O–H groups in total. The average Bonchev–Trinajstić information content (AvgIpc) is 3.01. The first-order chi connectivity index (χ1) is 13.6. The van der Waals surface area contributed by atoms with Gasteiger partial charge in [-0.1, -0.05) is 12.1 Å².